The van der Waals surface area contributed by atoms with E-state index < -0.39 is 273 Å². The first-order valence-electron chi connectivity index (χ1n) is 44.6. The second-order valence-electron chi connectivity index (χ2n) is 33.9. The lowest BCUT2D eigenvalue weighted by Gasteiger charge is -2.36. The Morgan fingerprint density at radius 1 is 0.191 bits per heavy atom. The van der Waals surface area contributed by atoms with Crippen LogP contribution < -0.4 is 42.5 Å². The van der Waals surface area contributed by atoms with Gasteiger partial charge in [-0.3, -0.25) is 174 Å². The third-order valence-electron chi connectivity index (χ3n) is 23.5. The van der Waals surface area contributed by atoms with Gasteiger partial charge in [0.05, 0.1) is 134 Å². The smallest absolute Gasteiger partial charge is 0.317 e. The Labute approximate surface area is 785 Å². The van der Waals surface area contributed by atoms with Gasteiger partial charge < -0.3 is 104 Å². The highest BCUT2D eigenvalue weighted by Crippen LogP contribution is 2.14. The molecule has 0 unspecified atom stereocenters. The number of carboxylic acid groups (broad SMARTS) is 12. The molecule has 0 bridgehead atoms. The SMILES string of the molecule is C[C@@H](C(=O)NCC(=O)NCC(CNC(=O)CNC(=O)[C@H](C)N1CCN(CC(=O)O)CCN(CC(=O)O)CCN(CC(=O)O)CC1)(CNC(=O)CNC(=O)[C@H](C)N1CCN(CC(=O)O)CCN(CC(=O)O)CCN(CC(=O)O)CC1)NC(=O)CNC(=O)[C@H](C)N1CCN(CC(=O)O)CCN(CC(=O)O)CCN(CC(=O)O)CC1)N1CCN(CC(=O)O)CCN(CC(=O)O)CCN(CC(=O)O)CC1. The molecule has 20 N–H and O–H groups in total. The second kappa shape index (κ2) is 61.8. The van der Waals surface area contributed by atoms with Crippen molar-refractivity contribution in [1.82, 2.24) is 121 Å². The summed E-state index contributed by atoms with van der Waals surface area (Å²) >= 11 is 0. The predicted octanol–water partition coefficient (Wildman–Crippen LogP) is -13.9. The normalized spacial score (nSPS) is 19.3. The fourth-order valence-electron chi connectivity index (χ4n) is 15.5. The zero-order valence-electron chi connectivity index (χ0n) is 77.6. The van der Waals surface area contributed by atoms with Gasteiger partial charge in [0.15, 0.2) is 0 Å². The van der Waals surface area contributed by atoms with Crippen LogP contribution in [0.2, 0.25) is 0 Å². The average Bonchev–Trinajstić information content (AvgIpc) is 0.833. The minimum absolute atomic E-state index is 0.00995. The highest BCUT2D eigenvalue weighted by atomic mass is 16.4. The van der Waals surface area contributed by atoms with Gasteiger partial charge in [0.1, 0.15) is 0 Å². The van der Waals surface area contributed by atoms with Crippen LogP contribution in [-0.2, 0) is 95.9 Å². The van der Waals surface area contributed by atoms with Crippen molar-refractivity contribution in [3.63, 3.8) is 0 Å². The van der Waals surface area contributed by atoms with E-state index in [0.29, 0.717) is 0 Å². The van der Waals surface area contributed by atoms with Gasteiger partial charge in [-0.2, -0.15) is 0 Å². The van der Waals surface area contributed by atoms with Crippen LogP contribution in [-0.4, -0.2) is 622 Å². The summed E-state index contributed by atoms with van der Waals surface area (Å²) in [5.74, 6) is -22.0. The molecule has 4 aliphatic rings. The minimum Gasteiger partial charge on any atom is -0.480 e. The summed E-state index contributed by atoms with van der Waals surface area (Å²) in [6.45, 7) is -5.79. The van der Waals surface area contributed by atoms with E-state index >= 15 is 0 Å². The van der Waals surface area contributed by atoms with Gasteiger partial charge in [0.2, 0.25) is 47.3 Å². The van der Waals surface area contributed by atoms with Gasteiger partial charge in [0, 0.05) is 229 Å². The molecule has 4 aliphatic heterocycles. The molecule has 8 amide bonds. The number of carbonyl (C=O) groups is 20. The lowest BCUT2D eigenvalue weighted by atomic mass is 9.98. The van der Waals surface area contributed by atoms with Crippen molar-refractivity contribution in [2.24, 2.45) is 0 Å². The molecule has 0 spiro atoms. The lowest BCUT2D eigenvalue weighted by Crippen LogP contribution is -2.68. The summed E-state index contributed by atoms with van der Waals surface area (Å²) in [6.07, 6.45) is 0. The summed E-state index contributed by atoms with van der Waals surface area (Å²) in [5.41, 5.74) is -2.23. The first-order valence-corrected chi connectivity index (χ1v) is 44.6. The maximum Gasteiger partial charge on any atom is 0.317 e. The average molecular weight is 1950 g/mol. The maximum absolute atomic E-state index is 14.9. The Bertz CT molecular complexity index is 3570. The molecule has 4 atom stereocenters. The van der Waals surface area contributed by atoms with Crippen molar-refractivity contribution in [3.05, 3.63) is 0 Å². The number of nitrogens with one attached hydrogen (secondary N) is 8. The Balaban J connectivity index is 1.82. The van der Waals surface area contributed by atoms with E-state index in [2.05, 4.69) is 42.5 Å². The van der Waals surface area contributed by atoms with E-state index in [1.165, 1.54) is 86.5 Å². The number of hydrogen-bond acceptors (Lipinski definition) is 36. The largest absolute Gasteiger partial charge is 0.480 e. The zero-order chi connectivity index (χ0) is 101. The monoisotopic (exact) mass is 1950 g/mol. The molecule has 0 aromatic heterocycles. The van der Waals surface area contributed by atoms with Gasteiger partial charge >= 0.3 is 71.6 Å². The van der Waals surface area contributed by atoms with Gasteiger partial charge in [-0.25, -0.2) is 0 Å². The van der Waals surface area contributed by atoms with Gasteiger partial charge in [-0.1, -0.05) is 0 Å². The highest BCUT2D eigenvalue weighted by Gasteiger charge is 2.38. The molecule has 136 heavy (non-hydrogen) atoms. The van der Waals surface area contributed by atoms with Crippen LogP contribution in [0.5, 0.6) is 0 Å². The van der Waals surface area contributed by atoms with E-state index in [1.807, 2.05) is 0 Å². The molecule has 56 nitrogen and oxygen atoms in total. The van der Waals surface area contributed by atoms with Crippen molar-refractivity contribution >= 4 is 119 Å². The van der Waals surface area contributed by atoms with Crippen LogP contribution in [0.3, 0.4) is 0 Å². The van der Waals surface area contributed by atoms with Gasteiger partial charge in [-0.05, 0) is 27.7 Å². The first kappa shape index (κ1) is 117. The minimum atomic E-state index is -2.23. The summed E-state index contributed by atoms with van der Waals surface area (Å²) in [7, 11) is 0. The zero-order valence-corrected chi connectivity index (χ0v) is 77.6. The summed E-state index contributed by atoms with van der Waals surface area (Å²) in [5, 5.41) is 138. The van der Waals surface area contributed by atoms with Crippen LogP contribution in [0.15, 0.2) is 0 Å². The predicted molar refractivity (Wildman–Crippen MR) is 475 cm³/mol. The molecule has 0 saturated carbocycles. The summed E-state index contributed by atoms with van der Waals surface area (Å²) in [4.78, 5) is 285. The Morgan fingerprint density at radius 2 is 0.309 bits per heavy atom. The third-order valence-corrected chi connectivity index (χ3v) is 23.5. The fraction of sp³-hybridized carbons (Fsp3) is 0.750. The summed E-state index contributed by atoms with van der Waals surface area (Å²) in [6, 6.07) is -4.67. The van der Waals surface area contributed by atoms with E-state index in [4.69, 9.17) is 0 Å². The number of aliphatic carboxylic acids is 12. The molecule has 4 heterocycles. The molecule has 0 radical (unpaired) electrons. The Kier molecular flexibility index (Phi) is 53.2. The van der Waals surface area contributed by atoms with Crippen LogP contribution in [0.25, 0.3) is 0 Å². The number of amides is 8. The number of hydrogen-bond donors (Lipinski definition) is 20. The number of carbonyl (C=O) groups excluding carboxylic acids is 8. The molecule has 4 rings (SSSR count). The van der Waals surface area contributed by atoms with E-state index in [1.54, 1.807) is 19.6 Å². The fourth-order valence-corrected chi connectivity index (χ4v) is 15.5. The summed E-state index contributed by atoms with van der Waals surface area (Å²) < 4.78 is 0. The number of carboxylic acids is 12. The van der Waals surface area contributed by atoms with E-state index in [9.17, 15) is 157 Å². The molecule has 56 heteroatoms. The van der Waals surface area contributed by atoms with Crippen molar-refractivity contribution in [2.75, 3.05) is 334 Å². The van der Waals surface area contributed by atoms with Gasteiger partial charge in [-0.15, -0.1) is 0 Å². The van der Waals surface area contributed by atoms with Crippen LogP contribution >= 0.6 is 0 Å². The molecule has 4 saturated heterocycles. The van der Waals surface area contributed by atoms with E-state index in [0.717, 1.165) is 0 Å². The van der Waals surface area contributed by atoms with Gasteiger partial charge in [0.25, 0.3) is 0 Å². The third kappa shape index (κ3) is 49.5. The Morgan fingerprint density at radius 3 is 0.434 bits per heavy atom. The quantitative estimate of drug-likeness (QED) is 0.0269. The first-order chi connectivity index (χ1) is 64.1. The van der Waals surface area contributed by atoms with Crippen LogP contribution in [0.4, 0.5) is 0 Å². The van der Waals surface area contributed by atoms with Crippen LogP contribution in [0.1, 0.15) is 27.7 Å². The van der Waals surface area contributed by atoms with Crippen molar-refractivity contribution in [3.8, 4) is 0 Å². The molecule has 0 aromatic rings. The molecule has 770 valence electrons. The van der Waals surface area contributed by atoms with Crippen molar-refractivity contribution in [2.45, 2.75) is 57.4 Å². The second-order valence-corrected chi connectivity index (χ2v) is 33.9. The van der Waals surface area contributed by atoms with E-state index in [-0.39, 0.29) is 209 Å². The Hall–Kier alpha value is -11.2. The lowest BCUT2D eigenvalue weighted by molar-refractivity contribution is -0.141. The molecule has 4 fully saturated rings. The number of rotatable bonds is 47. The molecular weight excluding hydrogens is 1810 g/mol. The molecular formula is C80H138N24O32. The van der Waals surface area contributed by atoms with Crippen LogP contribution in [0, 0.1) is 0 Å². The number of nitrogens with zero attached hydrogens (tertiary/aromatic N) is 16. The topological polar surface area (TPSA) is 732 Å². The molecule has 0 aromatic carbocycles. The standard InChI is InChI=1S/C80H138N24O32/c1-56(101-29-21-93(45-68(117)118)13-5-89(41-64(109)110)6-14-94(22-30-101)46-69(119)120)76(133)81-37-60(105)85-53-80(88-63(108)40-84-79(136)59(4)104-35-27-99(51-74(129)130)19-11-92(44-67(115)116)12-20-100(28-36-104)52-75(131)132,54-86-61(106)38-82-77(134)57(2)102-31-23-95(47-70(121)122)15-7-90(42-65(111)112)8-16-96(24-32-102)48-71(123)124)55-87-62(107)39-83-78(135)58(3)103-33-25-97(49-72(125)126)17-9-91(43-66(113)114)10-18-98(26-34-103)50-73(127)128/h56-59H,5-55H2,1-4H3,(H,81,133)(H,82,134)(H,83,135)(H,84,136)(H,85,105)(H,86,106)(H,87,107)(H,88,108)(H,109,110)(H,111,112)(H,113,114)(H,115,116)(H,117,118)(H,119,120)(H,121,122)(H,123,124)(H,125,126)(H,127,128)(H,129,130)(H,131,132)/t56-,57-,58-,59-/m0/s1. The van der Waals surface area contributed by atoms with Crippen molar-refractivity contribution in [1.29, 1.82) is 0 Å². The molecule has 0 aliphatic carbocycles. The van der Waals surface area contributed by atoms with Crippen molar-refractivity contribution < 1.29 is 157 Å². The highest BCUT2D eigenvalue weighted by molar-refractivity contribution is 5.91. The maximum atomic E-state index is 14.9.